The van der Waals surface area contributed by atoms with Crippen LogP contribution in [-0.4, -0.2) is 23.0 Å². The van der Waals surface area contributed by atoms with Crippen LogP contribution in [0.25, 0.3) is 0 Å². The van der Waals surface area contributed by atoms with Crippen LogP contribution in [0.4, 0.5) is 5.69 Å². The summed E-state index contributed by atoms with van der Waals surface area (Å²) in [4.78, 5) is 9.48. The number of phenolic OH excluding ortho intramolecular Hbond substituents is 1. The van der Waals surface area contributed by atoms with Gasteiger partial charge in [-0.3, -0.25) is 10.1 Å². The van der Waals surface area contributed by atoms with Crippen LogP contribution >= 0.6 is 22.6 Å². The summed E-state index contributed by atoms with van der Waals surface area (Å²) >= 11 is 1.46. The molecule has 0 fully saturated rings. The molecule has 0 aliphatic heterocycles. The number of phenols is 1. The average molecular weight is 400 g/mol. The van der Waals surface area contributed by atoms with E-state index >= 15 is 0 Å². The summed E-state index contributed by atoms with van der Waals surface area (Å²) in [5, 5.41) is 20.6. The zero-order valence-electron chi connectivity index (χ0n) is 10.1. The molecule has 106 valence electrons. The van der Waals surface area contributed by atoms with Crippen LogP contribution in [0.2, 0.25) is 0 Å². The van der Waals surface area contributed by atoms with Gasteiger partial charge in [-0.1, -0.05) is 13.8 Å². The van der Waals surface area contributed by atoms with E-state index in [1.807, 2.05) is 0 Å². The average Bonchev–Trinajstić information content (AvgIpc) is 2.20. The summed E-state index contributed by atoms with van der Waals surface area (Å²) in [5.74, 6) is -0.837. The third kappa shape index (κ3) is 3.54. The minimum atomic E-state index is -4.88. The first kappa shape index (κ1) is 16.1. The van der Waals surface area contributed by atoms with Gasteiger partial charge in [0.15, 0.2) is 5.75 Å². The van der Waals surface area contributed by atoms with Gasteiger partial charge in [0.2, 0.25) is 0 Å². The highest BCUT2D eigenvalue weighted by atomic mass is 127. The maximum atomic E-state index is 11.0. The van der Waals surface area contributed by atoms with Crippen LogP contribution in [0.1, 0.15) is 19.4 Å². The Morgan fingerprint density at radius 2 is 2.00 bits per heavy atom. The second-order valence-corrected chi connectivity index (χ2v) is 6.78. The topological polar surface area (TPSA) is 121 Å². The molecule has 0 atom stereocenters. The molecule has 1 aromatic carbocycles. The van der Waals surface area contributed by atoms with Crippen molar-refractivity contribution in [2.45, 2.75) is 25.2 Å². The molecule has 0 unspecified atom stereocenters. The lowest BCUT2D eigenvalue weighted by molar-refractivity contribution is -0.386. The molecule has 0 heterocycles. The summed E-state index contributed by atoms with van der Waals surface area (Å²) in [5.41, 5.74) is -0.240. The van der Waals surface area contributed by atoms with Crippen molar-refractivity contribution in [3.8, 4) is 5.75 Å². The Hall–Kier alpha value is -0.940. The molecule has 0 amide bonds. The van der Waals surface area contributed by atoms with E-state index in [2.05, 4.69) is 0 Å². The molecule has 0 aliphatic carbocycles. The van der Waals surface area contributed by atoms with Gasteiger partial charge in [-0.05, 0) is 41.0 Å². The van der Waals surface area contributed by atoms with Gasteiger partial charge < -0.3 is 9.66 Å². The van der Waals surface area contributed by atoms with Crippen molar-refractivity contribution in [3.05, 3.63) is 25.3 Å². The number of halogens is 1. The molecule has 0 bridgehead atoms. The zero-order valence-corrected chi connectivity index (χ0v) is 13.1. The molecule has 0 aromatic heterocycles. The minimum Gasteiger partial charge on any atom is -0.744 e. The zero-order chi connectivity index (χ0) is 15.0. The largest absolute Gasteiger partial charge is 0.744 e. The van der Waals surface area contributed by atoms with Crippen LogP contribution < -0.4 is 0 Å². The maximum absolute atomic E-state index is 11.0. The normalized spacial score (nSPS) is 11.8. The van der Waals surface area contributed by atoms with E-state index in [1.54, 1.807) is 13.8 Å². The molecule has 0 saturated carbocycles. The Kier molecular flexibility index (Phi) is 4.74. The Morgan fingerprint density at radius 1 is 1.47 bits per heavy atom. The van der Waals surface area contributed by atoms with E-state index in [0.29, 0.717) is 0 Å². The number of hydrogen-bond donors (Lipinski definition) is 1. The van der Waals surface area contributed by atoms with Gasteiger partial charge in [0.05, 0.1) is 9.82 Å². The Balaban J connectivity index is 3.69. The van der Waals surface area contributed by atoms with Crippen LogP contribution in [0.5, 0.6) is 5.75 Å². The fourth-order valence-electron chi connectivity index (χ4n) is 1.64. The molecule has 1 aromatic rings. The minimum absolute atomic E-state index is 0.0289. The van der Waals surface area contributed by atoms with Gasteiger partial charge in [0.1, 0.15) is 13.7 Å². The highest BCUT2D eigenvalue weighted by molar-refractivity contribution is 14.1. The lowest BCUT2D eigenvalue weighted by Crippen LogP contribution is -2.07. The molecule has 1 rings (SSSR count). The van der Waals surface area contributed by atoms with E-state index in [4.69, 9.17) is 0 Å². The SMILES string of the molecule is CC(C)Cc1cc(S(=O)(=O)[O-])c(O)c(I)c1[N+](=O)[O-]. The van der Waals surface area contributed by atoms with Crippen molar-refractivity contribution in [3.63, 3.8) is 0 Å². The van der Waals surface area contributed by atoms with Gasteiger partial charge >= 0.3 is 0 Å². The number of aromatic hydroxyl groups is 1. The van der Waals surface area contributed by atoms with E-state index < -0.39 is 25.7 Å². The lowest BCUT2D eigenvalue weighted by Gasteiger charge is -2.14. The first-order chi connectivity index (χ1) is 8.55. The van der Waals surface area contributed by atoms with Gasteiger partial charge in [-0.2, -0.15) is 0 Å². The van der Waals surface area contributed by atoms with Gasteiger partial charge in [-0.15, -0.1) is 0 Å². The quantitative estimate of drug-likeness (QED) is 0.357. The highest BCUT2D eigenvalue weighted by Gasteiger charge is 2.26. The van der Waals surface area contributed by atoms with Crippen LogP contribution in [0, 0.1) is 19.6 Å². The molecule has 7 nitrogen and oxygen atoms in total. The van der Waals surface area contributed by atoms with E-state index in [-0.39, 0.29) is 27.2 Å². The number of nitro groups is 1. The summed E-state index contributed by atoms with van der Waals surface area (Å²) in [6.07, 6.45) is 0.231. The van der Waals surface area contributed by atoms with Gasteiger partial charge in [0, 0.05) is 5.56 Å². The van der Waals surface area contributed by atoms with Crippen molar-refractivity contribution >= 4 is 38.4 Å². The number of rotatable bonds is 4. The first-order valence-electron chi connectivity index (χ1n) is 5.20. The monoisotopic (exact) mass is 400 g/mol. The summed E-state index contributed by atoms with van der Waals surface area (Å²) in [6.45, 7) is 3.60. The predicted octanol–water partition coefficient (Wildman–Crippen LogP) is 2.01. The first-order valence-corrected chi connectivity index (χ1v) is 7.69. The number of nitro benzene ring substituents is 1. The molecule has 0 spiro atoms. The maximum Gasteiger partial charge on any atom is 0.289 e. The van der Waals surface area contributed by atoms with Crippen molar-refractivity contribution < 1.29 is 23.0 Å². The highest BCUT2D eigenvalue weighted by Crippen LogP contribution is 2.38. The Bertz CT molecular complexity index is 625. The molecule has 0 saturated heterocycles. The summed E-state index contributed by atoms with van der Waals surface area (Å²) < 4.78 is 32.9. The molecule has 0 aliphatic rings. The van der Waals surface area contributed by atoms with Crippen molar-refractivity contribution in [1.29, 1.82) is 0 Å². The van der Waals surface area contributed by atoms with E-state index in [9.17, 15) is 28.2 Å². The van der Waals surface area contributed by atoms with Crippen LogP contribution in [0.3, 0.4) is 0 Å². The molecule has 1 N–H and O–H groups in total. The van der Waals surface area contributed by atoms with E-state index in [1.165, 1.54) is 22.6 Å². The second-order valence-electron chi connectivity index (χ2n) is 4.35. The third-order valence-corrected chi connectivity index (χ3v) is 4.21. The van der Waals surface area contributed by atoms with Crippen LogP contribution in [0.15, 0.2) is 11.0 Å². The van der Waals surface area contributed by atoms with E-state index in [0.717, 1.165) is 6.07 Å². The fourth-order valence-corrected chi connectivity index (χ4v) is 3.28. The number of benzene rings is 1. The molecule has 9 heteroatoms. The van der Waals surface area contributed by atoms with Crippen molar-refractivity contribution in [2.24, 2.45) is 5.92 Å². The smallest absolute Gasteiger partial charge is 0.289 e. The molecule has 19 heavy (non-hydrogen) atoms. The standard InChI is InChI=1S/C10H12INO6S/c1-5(2)3-6-4-7(19(16,17)18)10(13)8(11)9(6)12(14)15/h4-5,13H,3H2,1-2H3,(H,16,17,18)/p-1. The molecular formula is C10H11INO6S-. The Morgan fingerprint density at radius 3 is 2.37 bits per heavy atom. The van der Waals surface area contributed by atoms with Crippen LogP contribution in [-0.2, 0) is 16.5 Å². The van der Waals surface area contributed by atoms with Crippen molar-refractivity contribution in [1.82, 2.24) is 0 Å². The van der Waals surface area contributed by atoms with Crippen molar-refractivity contribution in [2.75, 3.05) is 0 Å². The van der Waals surface area contributed by atoms with Gasteiger partial charge in [-0.25, -0.2) is 8.42 Å². The molecular weight excluding hydrogens is 389 g/mol. The summed E-state index contributed by atoms with van der Waals surface area (Å²) in [6, 6.07) is 0.887. The molecule has 0 radical (unpaired) electrons. The van der Waals surface area contributed by atoms with Gasteiger partial charge in [0.25, 0.3) is 5.69 Å². The third-order valence-electron chi connectivity index (χ3n) is 2.34. The number of hydrogen-bond acceptors (Lipinski definition) is 6. The summed E-state index contributed by atoms with van der Waals surface area (Å²) in [7, 11) is -4.88. The fraction of sp³-hybridized carbons (Fsp3) is 0.400. The number of nitrogens with zero attached hydrogens (tertiary/aromatic N) is 1. The second kappa shape index (κ2) is 5.59. The Labute approximate surface area is 123 Å². The lowest BCUT2D eigenvalue weighted by atomic mass is 10.0. The predicted molar refractivity (Wildman–Crippen MR) is 74.0 cm³/mol.